The Balaban J connectivity index is 2.16. The third-order valence-electron chi connectivity index (χ3n) is 3.82. The second-order valence-electron chi connectivity index (χ2n) is 5.33. The fraction of sp³-hybridized carbons (Fsp3) is 0.467. The van der Waals surface area contributed by atoms with E-state index in [-0.39, 0.29) is 22.8 Å². The van der Waals surface area contributed by atoms with Gasteiger partial charge in [-0.05, 0) is 37.1 Å². The molecule has 8 heteroatoms. The molecule has 7 nitrogen and oxygen atoms in total. The average molecular weight is 341 g/mol. The van der Waals surface area contributed by atoms with Gasteiger partial charge in [0.15, 0.2) is 9.84 Å². The molecule has 2 rings (SSSR count). The van der Waals surface area contributed by atoms with E-state index in [2.05, 4.69) is 0 Å². The van der Waals surface area contributed by atoms with Crippen LogP contribution in [0.1, 0.15) is 23.2 Å². The highest BCUT2D eigenvalue weighted by Crippen LogP contribution is 2.21. The van der Waals surface area contributed by atoms with Crippen molar-refractivity contribution in [1.82, 2.24) is 4.90 Å². The minimum Gasteiger partial charge on any atom is -0.480 e. The third kappa shape index (κ3) is 3.89. The predicted molar refractivity (Wildman–Crippen MR) is 82.1 cm³/mol. The van der Waals surface area contributed by atoms with Gasteiger partial charge in [0, 0.05) is 19.2 Å². The summed E-state index contributed by atoms with van der Waals surface area (Å²) in [5.41, 5.74) is 0.281. The quantitative estimate of drug-likeness (QED) is 0.821. The fourth-order valence-electron chi connectivity index (χ4n) is 2.55. The smallest absolute Gasteiger partial charge is 0.326 e. The second-order valence-corrected chi connectivity index (χ2v) is 7.44. The van der Waals surface area contributed by atoms with Crippen LogP contribution in [0, 0.1) is 0 Å². The van der Waals surface area contributed by atoms with E-state index in [1.54, 1.807) is 0 Å². The van der Waals surface area contributed by atoms with E-state index >= 15 is 0 Å². The van der Waals surface area contributed by atoms with E-state index in [1.807, 2.05) is 0 Å². The molecule has 0 aliphatic carbocycles. The lowest BCUT2D eigenvalue weighted by molar-refractivity contribution is -0.141. The Morgan fingerprint density at radius 3 is 2.52 bits per heavy atom. The van der Waals surface area contributed by atoms with Crippen LogP contribution in [0.3, 0.4) is 0 Å². The molecule has 1 fully saturated rings. The summed E-state index contributed by atoms with van der Waals surface area (Å²) in [6.07, 6.45) is 1.08. The van der Waals surface area contributed by atoms with E-state index < -0.39 is 27.8 Å². The lowest BCUT2D eigenvalue weighted by Gasteiger charge is -2.21. The molecule has 1 heterocycles. The molecule has 1 aliphatic rings. The summed E-state index contributed by atoms with van der Waals surface area (Å²) in [7, 11) is -2.03. The molecule has 0 bridgehead atoms. The van der Waals surface area contributed by atoms with Crippen molar-refractivity contribution in [1.29, 1.82) is 0 Å². The Bertz CT molecular complexity index is 682. The maximum atomic E-state index is 12.4. The molecule has 0 saturated carbocycles. The highest BCUT2D eigenvalue weighted by molar-refractivity contribution is 7.91. The summed E-state index contributed by atoms with van der Waals surface area (Å²) < 4.78 is 28.8. The molecule has 0 aromatic heterocycles. The number of carboxylic acid groups (broad SMARTS) is 1. The Morgan fingerprint density at radius 2 is 1.96 bits per heavy atom. The van der Waals surface area contributed by atoms with E-state index in [1.165, 1.54) is 36.3 Å². The lowest BCUT2D eigenvalue weighted by Crippen LogP contribution is -2.40. The standard InChI is InChI=1S/C15H19NO6S/c1-22-9-10-23(20,21)12-6-4-11(5-7-12)14(17)16-8-2-3-13(16)15(18)19/h4-7,13H,2-3,8-10H2,1H3,(H,18,19)/t13-/m0/s1. The summed E-state index contributed by atoms with van der Waals surface area (Å²) in [6.45, 7) is 0.487. The highest BCUT2D eigenvalue weighted by Gasteiger charge is 2.34. The number of rotatable bonds is 6. The zero-order chi connectivity index (χ0) is 17.0. The normalized spacial score (nSPS) is 18.1. The number of amides is 1. The van der Waals surface area contributed by atoms with Crippen molar-refractivity contribution in [2.75, 3.05) is 26.0 Å². The first kappa shape index (κ1) is 17.4. The topological polar surface area (TPSA) is 101 Å². The molecular weight excluding hydrogens is 322 g/mol. The van der Waals surface area contributed by atoms with E-state index in [9.17, 15) is 18.0 Å². The lowest BCUT2D eigenvalue weighted by atomic mass is 10.1. The number of benzene rings is 1. The van der Waals surface area contributed by atoms with Crippen molar-refractivity contribution in [2.24, 2.45) is 0 Å². The van der Waals surface area contributed by atoms with Crippen LogP contribution in [-0.2, 0) is 19.4 Å². The van der Waals surface area contributed by atoms with Gasteiger partial charge < -0.3 is 14.7 Å². The van der Waals surface area contributed by atoms with Gasteiger partial charge in [-0.25, -0.2) is 13.2 Å². The largest absolute Gasteiger partial charge is 0.480 e. The first-order valence-electron chi connectivity index (χ1n) is 7.22. The van der Waals surface area contributed by atoms with Crippen molar-refractivity contribution in [2.45, 2.75) is 23.8 Å². The number of ether oxygens (including phenoxy) is 1. The second kappa shape index (κ2) is 7.10. The maximum Gasteiger partial charge on any atom is 0.326 e. The van der Waals surface area contributed by atoms with Crippen molar-refractivity contribution in [3.8, 4) is 0 Å². The van der Waals surface area contributed by atoms with Gasteiger partial charge >= 0.3 is 5.97 Å². The minimum atomic E-state index is -3.45. The number of nitrogens with zero attached hydrogens (tertiary/aromatic N) is 1. The molecule has 1 aliphatic heterocycles. The zero-order valence-electron chi connectivity index (χ0n) is 12.8. The molecule has 1 aromatic carbocycles. The summed E-state index contributed by atoms with van der Waals surface area (Å²) in [4.78, 5) is 25.0. The first-order valence-corrected chi connectivity index (χ1v) is 8.87. The van der Waals surface area contributed by atoms with Gasteiger partial charge in [0.05, 0.1) is 17.3 Å². The Hall–Kier alpha value is -1.93. The highest BCUT2D eigenvalue weighted by atomic mass is 32.2. The molecule has 1 saturated heterocycles. The van der Waals surface area contributed by atoms with Gasteiger partial charge in [-0.15, -0.1) is 0 Å². The van der Waals surface area contributed by atoms with E-state index in [0.29, 0.717) is 19.4 Å². The number of sulfone groups is 1. The summed E-state index contributed by atoms with van der Waals surface area (Å²) >= 11 is 0. The summed E-state index contributed by atoms with van der Waals surface area (Å²) in [5, 5.41) is 9.13. The Morgan fingerprint density at radius 1 is 1.30 bits per heavy atom. The van der Waals surface area contributed by atoms with E-state index in [4.69, 9.17) is 9.84 Å². The molecular formula is C15H19NO6S. The fourth-order valence-corrected chi connectivity index (χ4v) is 3.72. The number of aliphatic carboxylic acids is 1. The average Bonchev–Trinajstić information content (AvgIpc) is 3.02. The molecule has 0 unspecified atom stereocenters. The van der Waals surface area contributed by atoms with Crippen LogP contribution in [0.25, 0.3) is 0 Å². The minimum absolute atomic E-state index is 0.0943. The molecule has 1 aromatic rings. The van der Waals surface area contributed by atoms with Crippen LogP contribution in [0.4, 0.5) is 0 Å². The number of carbonyl (C=O) groups excluding carboxylic acids is 1. The summed E-state index contributed by atoms with van der Waals surface area (Å²) in [5.74, 6) is -1.55. The third-order valence-corrected chi connectivity index (χ3v) is 5.51. The van der Waals surface area contributed by atoms with Gasteiger partial charge in [-0.1, -0.05) is 0 Å². The van der Waals surface area contributed by atoms with Gasteiger partial charge in [0.1, 0.15) is 6.04 Å². The molecule has 0 spiro atoms. The maximum absolute atomic E-state index is 12.4. The van der Waals surface area contributed by atoms with Gasteiger partial charge in [0.2, 0.25) is 0 Å². The number of carboxylic acids is 1. The molecule has 23 heavy (non-hydrogen) atoms. The SMILES string of the molecule is COCCS(=O)(=O)c1ccc(C(=O)N2CCC[C@H]2C(=O)O)cc1. The van der Waals surface area contributed by atoms with Gasteiger partial charge in [-0.2, -0.15) is 0 Å². The van der Waals surface area contributed by atoms with Crippen LogP contribution in [0.5, 0.6) is 0 Å². The molecule has 1 N–H and O–H groups in total. The van der Waals surface area contributed by atoms with Crippen LogP contribution >= 0.6 is 0 Å². The number of methoxy groups -OCH3 is 1. The van der Waals surface area contributed by atoms with Gasteiger partial charge in [-0.3, -0.25) is 4.79 Å². The first-order chi connectivity index (χ1) is 10.9. The Kier molecular flexibility index (Phi) is 5.38. The molecule has 126 valence electrons. The molecule has 1 amide bonds. The van der Waals surface area contributed by atoms with E-state index in [0.717, 1.165) is 0 Å². The number of likely N-dealkylation sites (tertiary alicyclic amines) is 1. The van der Waals surface area contributed by atoms with Crippen LogP contribution in [-0.4, -0.2) is 62.4 Å². The van der Waals surface area contributed by atoms with Crippen molar-refractivity contribution < 1.29 is 27.9 Å². The number of hydrogen-bond donors (Lipinski definition) is 1. The predicted octanol–water partition coefficient (Wildman–Crippen LogP) is 0.796. The number of carbonyl (C=O) groups is 2. The van der Waals surface area contributed by atoms with Crippen LogP contribution in [0.2, 0.25) is 0 Å². The Labute approximate surface area is 134 Å². The van der Waals surface area contributed by atoms with Crippen LogP contribution < -0.4 is 0 Å². The van der Waals surface area contributed by atoms with Crippen LogP contribution in [0.15, 0.2) is 29.2 Å². The molecule has 0 radical (unpaired) electrons. The van der Waals surface area contributed by atoms with Crippen molar-refractivity contribution >= 4 is 21.7 Å². The summed E-state index contributed by atoms with van der Waals surface area (Å²) in [6, 6.07) is 4.75. The van der Waals surface area contributed by atoms with Gasteiger partial charge in [0.25, 0.3) is 5.91 Å². The molecule has 1 atom stereocenters. The monoisotopic (exact) mass is 341 g/mol. The number of hydrogen-bond acceptors (Lipinski definition) is 5. The van der Waals surface area contributed by atoms with Crippen molar-refractivity contribution in [3.63, 3.8) is 0 Å². The van der Waals surface area contributed by atoms with Crippen molar-refractivity contribution in [3.05, 3.63) is 29.8 Å². The zero-order valence-corrected chi connectivity index (χ0v) is 13.6.